The molecule has 0 unspecified atom stereocenters. The number of carbonyl (C=O) groups excluding carboxylic acids is 1. The van der Waals surface area contributed by atoms with Crippen molar-refractivity contribution in [2.75, 3.05) is 11.9 Å². The maximum absolute atomic E-state index is 11.2. The Kier molecular flexibility index (Phi) is 5.32. The first kappa shape index (κ1) is 16.9. The van der Waals surface area contributed by atoms with Crippen LogP contribution in [0.1, 0.15) is 0 Å². The SMILES string of the molecule is NCC(=O)Nc1cc(Oc2ccc([N+](=O)[O-])c(Cl)c2Cl)ccn1. The maximum atomic E-state index is 11.2. The summed E-state index contributed by atoms with van der Waals surface area (Å²) in [6.07, 6.45) is 1.41. The van der Waals surface area contributed by atoms with Crippen molar-refractivity contribution in [3.05, 3.63) is 50.6 Å². The number of aromatic nitrogens is 1. The lowest BCUT2D eigenvalue weighted by molar-refractivity contribution is -0.384. The van der Waals surface area contributed by atoms with Crippen molar-refractivity contribution >= 4 is 40.6 Å². The van der Waals surface area contributed by atoms with Gasteiger partial charge in [0.25, 0.3) is 5.69 Å². The fourth-order valence-corrected chi connectivity index (χ4v) is 2.03. The highest BCUT2D eigenvalue weighted by Gasteiger charge is 2.19. The highest BCUT2D eigenvalue weighted by molar-refractivity contribution is 6.44. The van der Waals surface area contributed by atoms with Crippen LogP contribution in [0.2, 0.25) is 10.0 Å². The molecule has 1 aromatic heterocycles. The van der Waals surface area contributed by atoms with Gasteiger partial charge >= 0.3 is 0 Å². The highest BCUT2D eigenvalue weighted by atomic mass is 35.5. The number of hydrogen-bond donors (Lipinski definition) is 2. The van der Waals surface area contributed by atoms with Crippen LogP contribution in [-0.4, -0.2) is 22.4 Å². The molecular formula is C13H10Cl2N4O4. The summed E-state index contributed by atoms with van der Waals surface area (Å²) in [5, 5.41) is 12.9. The highest BCUT2D eigenvalue weighted by Crippen LogP contribution is 2.40. The van der Waals surface area contributed by atoms with E-state index in [1.165, 1.54) is 30.5 Å². The van der Waals surface area contributed by atoms with Gasteiger partial charge in [0.15, 0.2) is 0 Å². The fraction of sp³-hybridized carbons (Fsp3) is 0.0769. The summed E-state index contributed by atoms with van der Waals surface area (Å²) in [6, 6.07) is 5.47. The molecule has 8 nitrogen and oxygen atoms in total. The monoisotopic (exact) mass is 356 g/mol. The van der Waals surface area contributed by atoms with Crippen LogP contribution in [0, 0.1) is 10.1 Å². The van der Waals surface area contributed by atoms with Gasteiger partial charge in [-0.2, -0.15) is 0 Å². The van der Waals surface area contributed by atoms with Gasteiger partial charge in [-0.1, -0.05) is 23.2 Å². The molecule has 0 saturated carbocycles. The molecule has 0 spiro atoms. The molecule has 1 aromatic carbocycles. The fourth-order valence-electron chi connectivity index (χ4n) is 1.61. The van der Waals surface area contributed by atoms with Gasteiger partial charge in [-0.15, -0.1) is 0 Å². The van der Waals surface area contributed by atoms with E-state index in [1.54, 1.807) is 0 Å². The number of hydrogen-bond acceptors (Lipinski definition) is 6. The van der Waals surface area contributed by atoms with E-state index in [1.807, 2.05) is 0 Å². The number of nitrogens with zero attached hydrogens (tertiary/aromatic N) is 2. The van der Waals surface area contributed by atoms with E-state index >= 15 is 0 Å². The molecule has 0 aliphatic heterocycles. The molecule has 1 amide bonds. The minimum Gasteiger partial charge on any atom is -0.456 e. The van der Waals surface area contributed by atoms with Crippen molar-refractivity contribution < 1.29 is 14.5 Å². The molecule has 0 aliphatic carbocycles. The van der Waals surface area contributed by atoms with Crippen LogP contribution >= 0.6 is 23.2 Å². The van der Waals surface area contributed by atoms with Gasteiger partial charge in [-0.05, 0) is 12.1 Å². The van der Waals surface area contributed by atoms with Crippen LogP contribution in [0.25, 0.3) is 0 Å². The van der Waals surface area contributed by atoms with Gasteiger partial charge in [0.2, 0.25) is 5.91 Å². The minimum atomic E-state index is -0.648. The van der Waals surface area contributed by atoms with Crippen LogP contribution in [0.5, 0.6) is 11.5 Å². The number of anilines is 1. The van der Waals surface area contributed by atoms with E-state index in [0.717, 1.165) is 0 Å². The third kappa shape index (κ3) is 4.07. The van der Waals surface area contributed by atoms with Crippen LogP contribution in [0.15, 0.2) is 30.5 Å². The molecule has 23 heavy (non-hydrogen) atoms. The molecule has 0 bridgehead atoms. The number of nitro groups is 1. The Bertz CT molecular complexity index is 770. The molecular weight excluding hydrogens is 347 g/mol. The van der Waals surface area contributed by atoms with E-state index in [9.17, 15) is 14.9 Å². The normalized spacial score (nSPS) is 10.2. The van der Waals surface area contributed by atoms with E-state index in [2.05, 4.69) is 10.3 Å². The topological polar surface area (TPSA) is 120 Å². The summed E-state index contributed by atoms with van der Waals surface area (Å²) >= 11 is 11.8. The molecule has 0 aliphatic rings. The number of carbonyl (C=O) groups is 1. The van der Waals surface area contributed by atoms with Crippen LogP contribution in [-0.2, 0) is 4.79 Å². The first-order chi connectivity index (χ1) is 10.9. The number of pyridine rings is 1. The molecule has 1 heterocycles. The van der Waals surface area contributed by atoms with E-state index in [4.69, 9.17) is 33.7 Å². The summed E-state index contributed by atoms with van der Waals surface area (Å²) < 4.78 is 5.52. The lowest BCUT2D eigenvalue weighted by Gasteiger charge is -2.10. The summed E-state index contributed by atoms with van der Waals surface area (Å²) in [4.78, 5) is 25.3. The zero-order valence-electron chi connectivity index (χ0n) is 11.5. The molecule has 0 saturated heterocycles. The van der Waals surface area contributed by atoms with Gasteiger partial charge in [-0.25, -0.2) is 4.98 Å². The van der Waals surface area contributed by atoms with Gasteiger partial charge in [0.05, 0.1) is 11.5 Å². The smallest absolute Gasteiger partial charge is 0.289 e. The minimum absolute atomic E-state index is 0.0924. The molecule has 2 rings (SSSR count). The Hall–Kier alpha value is -2.42. The average Bonchev–Trinajstić information content (AvgIpc) is 2.52. The zero-order chi connectivity index (χ0) is 17.0. The number of nitro benzene ring substituents is 1. The Morgan fingerprint density at radius 3 is 2.74 bits per heavy atom. The predicted octanol–water partition coefficient (Wildman–Crippen LogP) is 2.99. The van der Waals surface area contributed by atoms with Crippen LogP contribution in [0.4, 0.5) is 11.5 Å². The number of benzene rings is 1. The van der Waals surface area contributed by atoms with Crippen molar-refractivity contribution in [2.45, 2.75) is 0 Å². The first-order valence-electron chi connectivity index (χ1n) is 6.18. The second-order valence-corrected chi connectivity index (χ2v) is 4.95. The Labute approximate surface area is 140 Å². The maximum Gasteiger partial charge on any atom is 0.289 e. The lowest BCUT2D eigenvalue weighted by atomic mass is 10.3. The predicted molar refractivity (Wildman–Crippen MR) is 85.1 cm³/mol. The third-order valence-corrected chi connectivity index (χ3v) is 3.49. The summed E-state index contributed by atoms with van der Waals surface area (Å²) in [6.45, 7) is -0.184. The number of nitrogens with one attached hydrogen (secondary N) is 1. The van der Waals surface area contributed by atoms with Crippen molar-refractivity contribution in [3.63, 3.8) is 0 Å². The van der Waals surface area contributed by atoms with Gasteiger partial charge in [0.1, 0.15) is 27.4 Å². The van der Waals surface area contributed by atoms with E-state index < -0.39 is 10.8 Å². The molecule has 2 aromatic rings. The largest absolute Gasteiger partial charge is 0.456 e. The van der Waals surface area contributed by atoms with Crippen molar-refractivity contribution in [1.82, 2.24) is 4.98 Å². The average molecular weight is 357 g/mol. The summed E-state index contributed by atoms with van der Waals surface area (Å²) in [7, 11) is 0. The quantitative estimate of drug-likeness (QED) is 0.627. The second-order valence-electron chi connectivity index (χ2n) is 4.20. The Morgan fingerprint density at radius 2 is 2.09 bits per heavy atom. The Morgan fingerprint density at radius 1 is 1.35 bits per heavy atom. The van der Waals surface area contributed by atoms with E-state index in [-0.39, 0.29) is 33.8 Å². The van der Waals surface area contributed by atoms with Crippen molar-refractivity contribution in [1.29, 1.82) is 0 Å². The molecule has 10 heteroatoms. The molecule has 0 fully saturated rings. The second kappa shape index (κ2) is 7.23. The molecule has 0 radical (unpaired) electrons. The number of halogens is 2. The van der Waals surface area contributed by atoms with Gasteiger partial charge < -0.3 is 15.8 Å². The van der Waals surface area contributed by atoms with Crippen molar-refractivity contribution in [2.24, 2.45) is 5.73 Å². The Balaban J connectivity index is 2.26. The van der Waals surface area contributed by atoms with Crippen LogP contribution < -0.4 is 15.8 Å². The first-order valence-corrected chi connectivity index (χ1v) is 6.94. The molecule has 3 N–H and O–H groups in total. The molecule has 120 valence electrons. The zero-order valence-corrected chi connectivity index (χ0v) is 13.0. The summed E-state index contributed by atoms with van der Waals surface area (Å²) in [5.41, 5.74) is 4.87. The third-order valence-electron chi connectivity index (χ3n) is 2.64. The lowest BCUT2D eigenvalue weighted by Crippen LogP contribution is -2.22. The van der Waals surface area contributed by atoms with E-state index in [0.29, 0.717) is 5.75 Å². The standard InChI is InChI=1S/C13H10Cl2N4O4/c14-12-8(19(21)22)1-2-9(13(12)15)23-7-3-4-17-10(5-7)18-11(20)6-16/h1-5H,6,16H2,(H,17,18,20). The van der Waals surface area contributed by atoms with Crippen molar-refractivity contribution in [3.8, 4) is 11.5 Å². The number of nitrogens with two attached hydrogens (primary N) is 1. The summed E-state index contributed by atoms with van der Waals surface area (Å²) in [5.74, 6) is 0.261. The van der Waals surface area contributed by atoms with Gasteiger partial charge in [0, 0.05) is 18.3 Å². The number of amides is 1. The van der Waals surface area contributed by atoms with Gasteiger partial charge in [-0.3, -0.25) is 14.9 Å². The number of rotatable bonds is 5. The molecule has 0 atom stereocenters. The van der Waals surface area contributed by atoms with Crippen LogP contribution in [0.3, 0.4) is 0 Å². The number of ether oxygens (including phenoxy) is 1.